The molecule has 0 spiro atoms. The number of nitrogens with two attached hydrogens (primary N) is 2. The molecule has 0 saturated carbocycles. The molecule has 5 N–H and O–H groups in total. The smallest absolute Gasteiger partial charge is 0.310 e. The largest absolute Gasteiger partial charge is 0.481 e. The summed E-state index contributed by atoms with van der Waals surface area (Å²) in [6.45, 7) is 0. The van der Waals surface area contributed by atoms with E-state index in [1.54, 1.807) is 0 Å². The van der Waals surface area contributed by atoms with Crippen molar-refractivity contribution < 1.29 is 24.3 Å². The number of hydrogen-bond donors (Lipinski definition) is 3. The van der Waals surface area contributed by atoms with Crippen LogP contribution in [-0.2, 0) is 19.2 Å². The third kappa shape index (κ3) is 3.32. The fourth-order valence-corrected chi connectivity index (χ4v) is 0.709. The zero-order valence-corrected chi connectivity index (χ0v) is 6.52. The molecule has 0 heterocycles. The van der Waals surface area contributed by atoms with Gasteiger partial charge in [0.25, 0.3) is 0 Å². The van der Waals surface area contributed by atoms with E-state index >= 15 is 0 Å². The number of carboxylic acid groups (broad SMARTS) is 1. The van der Waals surface area contributed by atoms with Gasteiger partial charge in [0.1, 0.15) is 6.42 Å². The number of primary amides is 2. The maximum Gasteiger partial charge on any atom is 0.310 e. The van der Waals surface area contributed by atoms with E-state index in [1.165, 1.54) is 0 Å². The first-order valence-corrected chi connectivity index (χ1v) is 3.19. The average molecular weight is 188 g/mol. The lowest BCUT2D eigenvalue weighted by atomic mass is 10.0. The minimum absolute atomic E-state index is 0.948. The van der Waals surface area contributed by atoms with Crippen LogP contribution in [0.3, 0.4) is 0 Å². The lowest BCUT2D eigenvalue weighted by molar-refractivity contribution is -0.143. The normalized spacial score (nSPS) is 9.62. The minimum atomic E-state index is -1.85. The summed E-state index contributed by atoms with van der Waals surface area (Å²) < 4.78 is 0. The molecule has 0 aliphatic heterocycles. The van der Waals surface area contributed by atoms with Gasteiger partial charge in [-0.1, -0.05) is 0 Å². The molecule has 72 valence electrons. The van der Waals surface area contributed by atoms with Gasteiger partial charge in [-0.3, -0.25) is 19.2 Å². The Kier molecular flexibility index (Phi) is 3.57. The second-order valence-corrected chi connectivity index (χ2v) is 2.27. The molecule has 0 bridgehead atoms. The second-order valence-electron chi connectivity index (χ2n) is 2.27. The van der Waals surface area contributed by atoms with Crippen molar-refractivity contribution in [2.75, 3.05) is 0 Å². The van der Waals surface area contributed by atoms with Crippen LogP contribution in [0.2, 0.25) is 0 Å². The molecule has 7 heteroatoms. The van der Waals surface area contributed by atoms with E-state index in [4.69, 9.17) is 5.11 Å². The number of Topliss-reactive ketones (excluding diaryl/α,β-unsaturated/α-hetero) is 1. The highest BCUT2D eigenvalue weighted by Crippen LogP contribution is 2.00. The van der Waals surface area contributed by atoms with Gasteiger partial charge in [0.05, 0.1) is 0 Å². The Morgan fingerprint density at radius 1 is 1.08 bits per heavy atom. The predicted molar refractivity (Wildman–Crippen MR) is 39.1 cm³/mol. The highest BCUT2D eigenvalue weighted by molar-refractivity contribution is 6.19. The highest BCUT2D eigenvalue weighted by Gasteiger charge is 2.31. The Balaban J connectivity index is 4.57. The van der Waals surface area contributed by atoms with Gasteiger partial charge in [0, 0.05) is 0 Å². The first-order chi connectivity index (χ1) is 5.86. The third-order valence-corrected chi connectivity index (χ3v) is 1.22. The van der Waals surface area contributed by atoms with E-state index in [2.05, 4.69) is 11.5 Å². The molecule has 0 atom stereocenters. The summed E-state index contributed by atoms with van der Waals surface area (Å²) in [6, 6.07) is 0. The van der Waals surface area contributed by atoms with Crippen molar-refractivity contribution >= 4 is 23.6 Å². The zero-order chi connectivity index (χ0) is 10.6. The van der Waals surface area contributed by atoms with Crippen LogP contribution in [0.4, 0.5) is 0 Å². The van der Waals surface area contributed by atoms with Gasteiger partial charge in [-0.25, -0.2) is 0 Å². The third-order valence-electron chi connectivity index (χ3n) is 1.22. The molecule has 2 amide bonds. The number of carboxylic acids is 1. The number of hydrogen-bond acceptors (Lipinski definition) is 4. The predicted octanol–water partition coefficient (Wildman–Crippen LogP) is -2.38. The van der Waals surface area contributed by atoms with Crippen molar-refractivity contribution in [3.05, 3.63) is 0 Å². The molecule has 13 heavy (non-hydrogen) atoms. The quantitative estimate of drug-likeness (QED) is 0.413. The van der Waals surface area contributed by atoms with E-state index in [0.29, 0.717) is 0 Å². The molecule has 0 aromatic rings. The summed E-state index contributed by atoms with van der Waals surface area (Å²) in [6.07, 6.45) is -0.948. The molecule has 0 radical (unpaired) electrons. The maximum absolute atomic E-state index is 10.9. The first kappa shape index (κ1) is 11.1. The number of rotatable bonds is 5. The highest BCUT2D eigenvalue weighted by atomic mass is 16.4. The van der Waals surface area contributed by atoms with Crippen molar-refractivity contribution in [2.24, 2.45) is 17.4 Å². The number of carbonyl (C=O) groups excluding carboxylic acids is 3. The second kappa shape index (κ2) is 4.19. The number of aliphatic carboxylic acids is 1. The van der Waals surface area contributed by atoms with Gasteiger partial charge in [0.15, 0.2) is 11.7 Å². The van der Waals surface area contributed by atoms with E-state index in [-0.39, 0.29) is 0 Å². The van der Waals surface area contributed by atoms with Crippen LogP contribution in [0.5, 0.6) is 0 Å². The molecule has 0 aliphatic carbocycles. The van der Waals surface area contributed by atoms with Crippen LogP contribution in [0.1, 0.15) is 6.42 Å². The van der Waals surface area contributed by atoms with Gasteiger partial charge in [0.2, 0.25) is 11.8 Å². The molecule has 7 nitrogen and oxygen atoms in total. The molecule has 0 fully saturated rings. The summed E-state index contributed by atoms with van der Waals surface area (Å²) >= 11 is 0. The van der Waals surface area contributed by atoms with E-state index < -0.39 is 35.9 Å². The Morgan fingerprint density at radius 3 is 1.69 bits per heavy atom. The molecular formula is C6H8N2O5. The minimum Gasteiger partial charge on any atom is -0.481 e. The maximum atomic E-state index is 10.9. The van der Waals surface area contributed by atoms with Crippen molar-refractivity contribution in [1.82, 2.24) is 0 Å². The van der Waals surface area contributed by atoms with E-state index in [9.17, 15) is 19.2 Å². The van der Waals surface area contributed by atoms with Crippen LogP contribution in [0.25, 0.3) is 0 Å². The Morgan fingerprint density at radius 2 is 1.46 bits per heavy atom. The SMILES string of the molecule is NC(=O)C(C(N)=O)C(=O)CC(=O)O. The van der Waals surface area contributed by atoms with Crippen LogP contribution < -0.4 is 11.5 Å². The lowest BCUT2D eigenvalue weighted by Gasteiger charge is -2.05. The summed E-state index contributed by atoms with van der Waals surface area (Å²) in [4.78, 5) is 41.8. The average Bonchev–Trinajstić information content (AvgIpc) is 1.81. The molecule has 0 saturated heterocycles. The van der Waals surface area contributed by atoms with Crippen molar-refractivity contribution in [3.8, 4) is 0 Å². The van der Waals surface area contributed by atoms with Crippen molar-refractivity contribution in [3.63, 3.8) is 0 Å². The molecule has 0 rings (SSSR count). The summed E-state index contributed by atoms with van der Waals surface area (Å²) in [5, 5.41) is 8.17. The molecule has 0 unspecified atom stereocenters. The van der Waals surface area contributed by atoms with Gasteiger partial charge in [-0.05, 0) is 0 Å². The molecular weight excluding hydrogens is 180 g/mol. The fraction of sp³-hybridized carbons (Fsp3) is 0.333. The Hall–Kier alpha value is -1.92. The van der Waals surface area contributed by atoms with Crippen LogP contribution in [-0.4, -0.2) is 28.7 Å². The summed E-state index contributed by atoms with van der Waals surface area (Å²) in [5.74, 6) is -6.88. The zero-order valence-electron chi connectivity index (χ0n) is 6.52. The van der Waals surface area contributed by atoms with Gasteiger partial charge in [-0.15, -0.1) is 0 Å². The Labute approximate surface area is 72.7 Å². The molecule has 0 aromatic carbocycles. The standard InChI is InChI=1S/C6H8N2O5/c7-5(12)4(6(8)13)2(9)1-3(10)11/h4H,1H2,(H2,7,12)(H2,8,13)(H,10,11). The summed E-state index contributed by atoms with van der Waals surface area (Å²) in [5.41, 5.74) is 9.32. The van der Waals surface area contributed by atoms with Crippen molar-refractivity contribution in [2.45, 2.75) is 6.42 Å². The first-order valence-electron chi connectivity index (χ1n) is 3.19. The summed E-state index contributed by atoms with van der Waals surface area (Å²) in [7, 11) is 0. The van der Waals surface area contributed by atoms with Crippen LogP contribution in [0, 0.1) is 5.92 Å². The molecule has 0 aliphatic rings. The Bertz CT molecular complexity index is 258. The topological polar surface area (TPSA) is 141 Å². The monoisotopic (exact) mass is 188 g/mol. The van der Waals surface area contributed by atoms with Gasteiger partial charge in [-0.2, -0.15) is 0 Å². The van der Waals surface area contributed by atoms with E-state index in [1.807, 2.05) is 0 Å². The fourth-order valence-electron chi connectivity index (χ4n) is 0.709. The van der Waals surface area contributed by atoms with Gasteiger partial charge < -0.3 is 16.6 Å². The number of ketones is 1. The molecule has 0 aromatic heterocycles. The van der Waals surface area contributed by atoms with E-state index in [0.717, 1.165) is 0 Å². The number of carbonyl (C=O) groups is 4. The van der Waals surface area contributed by atoms with Gasteiger partial charge >= 0.3 is 5.97 Å². The van der Waals surface area contributed by atoms with Crippen LogP contribution in [0.15, 0.2) is 0 Å². The number of amides is 2. The van der Waals surface area contributed by atoms with Crippen molar-refractivity contribution in [1.29, 1.82) is 0 Å². The van der Waals surface area contributed by atoms with Crippen LogP contribution >= 0.6 is 0 Å². The lowest BCUT2D eigenvalue weighted by Crippen LogP contribution is -2.41.